The second kappa shape index (κ2) is 6.82. The lowest BCUT2D eigenvalue weighted by atomic mass is 10.0. The van der Waals surface area contributed by atoms with Gasteiger partial charge in [0.05, 0.1) is 25.5 Å². The number of aromatic nitrogens is 4. The summed E-state index contributed by atoms with van der Waals surface area (Å²) in [6.45, 7) is 6.82. The first kappa shape index (κ1) is 17.4. The van der Waals surface area contributed by atoms with Gasteiger partial charge in [0.25, 0.3) is 5.56 Å². The van der Waals surface area contributed by atoms with Crippen molar-refractivity contribution in [1.29, 1.82) is 0 Å². The van der Waals surface area contributed by atoms with Gasteiger partial charge in [-0.3, -0.25) is 4.79 Å². The van der Waals surface area contributed by atoms with Crippen LogP contribution in [0, 0.1) is 11.8 Å². The van der Waals surface area contributed by atoms with Gasteiger partial charge < -0.3 is 9.47 Å². The van der Waals surface area contributed by atoms with E-state index in [1.165, 1.54) is 18.9 Å². The smallest absolute Gasteiger partial charge is 0.319 e. The lowest BCUT2D eigenvalue weighted by Crippen LogP contribution is -2.26. The lowest BCUT2D eigenvalue weighted by molar-refractivity contribution is 0.353. The number of nitrogens with zero attached hydrogens (tertiary/aromatic N) is 4. The highest BCUT2D eigenvalue weighted by atomic mass is 16.5. The van der Waals surface area contributed by atoms with Crippen LogP contribution in [-0.2, 0) is 6.54 Å². The maximum Gasteiger partial charge on any atom is 0.319 e. The van der Waals surface area contributed by atoms with Crippen molar-refractivity contribution in [3.63, 3.8) is 0 Å². The van der Waals surface area contributed by atoms with Crippen LogP contribution in [0.15, 0.2) is 17.1 Å². The number of methoxy groups -OCH3 is 2. The summed E-state index contributed by atoms with van der Waals surface area (Å²) in [6, 6.07) is 2.10. The van der Waals surface area contributed by atoms with Crippen LogP contribution in [0.3, 0.4) is 0 Å². The number of aryl methyl sites for hydroxylation is 1. The van der Waals surface area contributed by atoms with Crippen LogP contribution < -0.4 is 15.0 Å². The SMILES string of the molecule is CCn1nc(-c2cnc(OC)nc2OC)cc([C@H]2C[C@@H]2C(C)C)c1=O. The molecule has 2 heterocycles. The van der Waals surface area contributed by atoms with Gasteiger partial charge in [0.2, 0.25) is 5.88 Å². The van der Waals surface area contributed by atoms with Gasteiger partial charge in [-0.15, -0.1) is 0 Å². The Morgan fingerprint density at radius 2 is 2.08 bits per heavy atom. The zero-order valence-electron chi connectivity index (χ0n) is 15.3. The highest BCUT2D eigenvalue weighted by Crippen LogP contribution is 2.51. The third-order valence-electron chi connectivity index (χ3n) is 4.78. The van der Waals surface area contributed by atoms with E-state index >= 15 is 0 Å². The summed E-state index contributed by atoms with van der Waals surface area (Å²) in [7, 11) is 3.04. The minimum atomic E-state index is -0.00667. The van der Waals surface area contributed by atoms with Gasteiger partial charge in [-0.2, -0.15) is 10.1 Å². The van der Waals surface area contributed by atoms with Gasteiger partial charge in [-0.05, 0) is 37.2 Å². The molecule has 7 nitrogen and oxygen atoms in total. The van der Waals surface area contributed by atoms with E-state index in [4.69, 9.17) is 9.47 Å². The van der Waals surface area contributed by atoms with E-state index in [0.717, 1.165) is 12.0 Å². The zero-order valence-corrected chi connectivity index (χ0v) is 15.3. The third-order valence-corrected chi connectivity index (χ3v) is 4.78. The molecule has 25 heavy (non-hydrogen) atoms. The summed E-state index contributed by atoms with van der Waals surface area (Å²) in [5, 5.41) is 4.47. The molecule has 2 aromatic rings. The van der Waals surface area contributed by atoms with E-state index < -0.39 is 0 Å². The van der Waals surface area contributed by atoms with Crippen LogP contribution >= 0.6 is 0 Å². The van der Waals surface area contributed by atoms with Gasteiger partial charge in [-0.25, -0.2) is 9.67 Å². The van der Waals surface area contributed by atoms with Crippen molar-refractivity contribution in [2.45, 2.75) is 39.7 Å². The summed E-state index contributed by atoms with van der Waals surface area (Å²) < 4.78 is 11.9. The van der Waals surface area contributed by atoms with Crippen molar-refractivity contribution >= 4 is 0 Å². The van der Waals surface area contributed by atoms with E-state index in [-0.39, 0.29) is 11.6 Å². The number of hydrogen-bond donors (Lipinski definition) is 0. The maximum atomic E-state index is 12.7. The minimum absolute atomic E-state index is 0.00667. The Balaban J connectivity index is 2.10. The summed E-state index contributed by atoms with van der Waals surface area (Å²) >= 11 is 0. The molecule has 0 saturated heterocycles. The fourth-order valence-corrected chi connectivity index (χ4v) is 3.26. The summed E-state index contributed by atoms with van der Waals surface area (Å²) in [6.07, 6.45) is 2.67. The van der Waals surface area contributed by atoms with Crippen molar-refractivity contribution in [1.82, 2.24) is 19.7 Å². The molecule has 0 radical (unpaired) electrons. The molecule has 0 N–H and O–H groups in total. The Morgan fingerprint density at radius 3 is 2.64 bits per heavy atom. The van der Waals surface area contributed by atoms with Crippen molar-refractivity contribution < 1.29 is 9.47 Å². The Bertz CT molecular complexity index is 832. The average Bonchev–Trinajstić information content (AvgIpc) is 3.42. The van der Waals surface area contributed by atoms with E-state index in [9.17, 15) is 4.79 Å². The van der Waals surface area contributed by atoms with E-state index in [2.05, 4.69) is 28.9 Å². The van der Waals surface area contributed by atoms with E-state index in [0.29, 0.717) is 41.4 Å². The predicted octanol–water partition coefficient (Wildman–Crippen LogP) is 2.50. The van der Waals surface area contributed by atoms with Crippen LogP contribution in [-0.4, -0.2) is 34.0 Å². The molecular weight excluding hydrogens is 320 g/mol. The second-order valence-electron chi connectivity index (χ2n) is 6.64. The van der Waals surface area contributed by atoms with Crippen LogP contribution in [0.25, 0.3) is 11.3 Å². The maximum absolute atomic E-state index is 12.7. The number of hydrogen-bond acceptors (Lipinski definition) is 6. The molecular formula is C18H24N4O3. The summed E-state index contributed by atoms with van der Waals surface area (Å²) in [4.78, 5) is 21.1. The predicted molar refractivity (Wildman–Crippen MR) is 94.0 cm³/mol. The molecule has 1 aliphatic carbocycles. The number of rotatable bonds is 6. The van der Waals surface area contributed by atoms with Crippen LogP contribution in [0.4, 0.5) is 0 Å². The third kappa shape index (κ3) is 3.23. The monoisotopic (exact) mass is 344 g/mol. The number of ether oxygens (including phenoxy) is 2. The van der Waals surface area contributed by atoms with Crippen LogP contribution in [0.1, 0.15) is 38.7 Å². The lowest BCUT2D eigenvalue weighted by Gasteiger charge is -2.12. The minimum Gasteiger partial charge on any atom is -0.480 e. The highest BCUT2D eigenvalue weighted by molar-refractivity contribution is 5.64. The molecule has 134 valence electrons. The molecule has 0 aromatic carbocycles. The Kier molecular flexibility index (Phi) is 4.74. The Morgan fingerprint density at radius 1 is 1.32 bits per heavy atom. The van der Waals surface area contributed by atoms with Crippen LogP contribution in [0.2, 0.25) is 0 Å². The molecule has 7 heteroatoms. The molecule has 3 rings (SSSR count). The second-order valence-corrected chi connectivity index (χ2v) is 6.64. The van der Waals surface area contributed by atoms with Gasteiger partial charge in [0, 0.05) is 18.3 Å². The largest absolute Gasteiger partial charge is 0.480 e. The molecule has 1 fully saturated rings. The van der Waals surface area contributed by atoms with E-state index in [1.807, 2.05) is 13.0 Å². The fraction of sp³-hybridized carbons (Fsp3) is 0.556. The molecule has 0 spiro atoms. The molecule has 0 aliphatic heterocycles. The van der Waals surface area contributed by atoms with Crippen molar-refractivity contribution in [2.75, 3.05) is 14.2 Å². The van der Waals surface area contributed by atoms with Crippen molar-refractivity contribution in [2.24, 2.45) is 11.8 Å². The van der Waals surface area contributed by atoms with Crippen LogP contribution in [0.5, 0.6) is 11.9 Å². The topological polar surface area (TPSA) is 79.1 Å². The molecule has 1 saturated carbocycles. The molecule has 0 amide bonds. The average molecular weight is 344 g/mol. The van der Waals surface area contributed by atoms with Crippen molar-refractivity contribution in [3.8, 4) is 23.1 Å². The molecule has 2 atom stereocenters. The zero-order chi connectivity index (χ0) is 18.1. The Labute approximate surface area is 147 Å². The van der Waals surface area contributed by atoms with Gasteiger partial charge in [-0.1, -0.05) is 13.8 Å². The standard InChI is InChI=1S/C18H24N4O3/c1-6-22-17(23)13(12-7-11(12)10(2)3)8-15(21-22)14-9-19-18(25-5)20-16(14)24-4/h8-12H,6-7H2,1-5H3/t11-,12+/m1/s1. The summed E-state index contributed by atoms with van der Waals surface area (Å²) in [5.41, 5.74) is 2.11. The first-order chi connectivity index (χ1) is 12.0. The quantitative estimate of drug-likeness (QED) is 0.801. The first-order valence-electron chi connectivity index (χ1n) is 8.57. The first-order valence-corrected chi connectivity index (χ1v) is 8.57. The van der Waals surface area contributed by atoms with Gasteiger partial charge in [0.15, 0.2) is 0 Å². The molecule has 0 bridgehead atoms. The fourth-order valence-electron chi connectivity index (χ4n) is 3.26. The molecule has 2 aromatic heterocycles. The van der Waals surface area contributed by atoms with E-state index in [1.54, 1.807) is 6.20 Å². The normalized spacial score (nSPS) is 19.1. The highest BCUT2D eigenvalue weighted by Gasteiger charge is 2.42. The van der Waals surface area contributed by atoms with Crippen molar-refractivity contribution in [3.05, 3.63) is 28.2 Å². The molecule has 0 unspecified atom stereocenters. The Hall–Kier alpha value is -2.44. The van der Waals surface area contributed by atoms with Gasteiger partial charge >= 0.3 is 6.01 Å². The van der Waals surface area contributed by atoms with Gasteiger partial charge in [0.1, 0.15) is 0 Å². The summed E-state index contributed by atoms with van der Waals surface area (Å²) in [5.74, 6) is 1.80. The molecule has 1 aliphatic rings.